The van der Waals surface area contributed by atoms with Crippen LogP contribution in [0.1, 0.15) is 20.3 Å². The molecule has 0 radical (unpaired) electrons. The van der Waals surface area contributed by atoms with E-state index >= 15 is 0 Å². The molecular formula is C13H20OSi. The third-order valence-corrected chi connectivity index (χ3v) is 5.02. The summed E-state index contributed by atoms with van der Waals surface area (Å²) in [6, 6.07) is 10.5. The van der Waals surface area contributed by atoms with Crippen LogP contribution >= 0.6 is 0 Å². The summed E-state index contributed by atoms with van der Waals surface area (Å²) in [6.45, 7) is 8.64. The van der Waals surface area contributed by atoms with E-state index in [9.17, 15) is 0 Å². The monoisotopic (exact) mass is 220 g/mol. The molecule has 82 valence electrons. The molecule has 0 aliphatic carbocycles. The Balaban J connectivity index is 2.84. The zero-order chi connectivity index (χ0) is 11.3. The molecule has 1 nitrogen and oxygen atoms in total. The van der Waals surface area contributed by atoms with Gasteiger partial charge in [0, 0.05) is 6.42 Å². The van der Waals surface area contributed by atoms with Gasteiger partial charge < -0.3 is 4.43 Å². The Labute approximate surface area is 93.9 Å². The highest BCUT2D eigenvalue weighted by Gasteiger charge is 2.27. The molecule has 1 aromatic rings. The molecule has 0 spiro atoms. The third-order valence-electron chi connectivity index (χ3n) is 2.53. The van der Waals surface area contributed by atoms with Crippen LogP contribution < -0.4 is 5.19 Å². The van der Waals surface area contributed by atoms with Gasteiger partial charge in [0.1, 0.15) is 0 Å². The van der Waals surface area contributed by atoms with Crippen molar-refractivity contribution in [1.82, 2.24) is 0 Å². The second-order valence-corrected chi connectivity index (χ2v) is 7.89. The Morgan fingerprint density at radius 1 is 1.27 bits per heavy atom. The Bertz CT molecular complexity index is 328. The molecule has 2 heteroatoms. The molecule has 0 aliphatic rings. The molecule has 1 rings (SSSR count). The summed E-state index contributed by atoms with van der Waals surface area (Å²) in [5.74, 6) is 1.11. The van der Waals surface area contributed by atoms with Gasteiger partial charge in [-0.3, -0.25) is 0 Å². The van der Waals surface area contributed by atoms with E-state index in [0.717, 1.165) is 12.2 Å². The van der Waals surface area contributed by atoms with Gasteiger partial charge >= 0.3 is 0 Å². The van der Waals surface area contributed by atoms with Crippen LogP contribution in [0.3, 0.4) is 0 Å². The minimum atomic E-state index is -1.75. The predicted octanol–water partition coefficient (Wildman–Crippen LogP) is 3.43. The van der Waals surface area contributed by atoms with Crippen LogP contribution in [-0.2, 0) is 4.43 Å². The summed E-state index contributed by atoms with van der Waals surface area (Å²) in [5, 5.41) is 1.35. The fourth-order valence-corrected chi connectivity index (χ4v) is 3.59. The first-order valence-corrected chi connectivity index (χ1v) is 8.40. The van der Waals surface area contributed by atoms with Crippen molar-refractivity contribution in [2.75, 3.05) is 0 Å². The largest absolute Gasteiger partial charge is 0.543 e. The molecular weight excluding hydrogens is 200 g/mol. The lowest BCUT2D eigenvalue weighted by Gasteiger charge is -2.25. The van der Waals surface area contributed by atoms with Gasteiger partial charge in [0.25, 0.3) is 8.32 Å². The fraction of sp³-hybridized carbons (Fsp3) is 0.385. The van der Waals surface area contributed by atoms with Gasteiger partial charge in [0.15, 0.2) is 0 Å². The smallest absolute Gasteiger partial charge is 0.276 e. The summed E-state index contributed by atoms with van der Waals surface area (Å²) in [4.78, 5) is 0. The SMILES string of the molecule is CC=C(CC)O[Si](C)(C)c1ccccc1. The Morgan fingerprint density at radius 3 is 2.33 bits per heavy atom. The Hall–Kier alpha value is -1.02. The first kappa shape index (κ1) is 12.0. The minimum Gasteiger partial charge on any atom is -0.543 e. The van der Waals surface area contributed by atoms with Crippen molar-refractivity contribution < 1.29 is 4.43 Å². The van der Waals surface area contributed by atoms with E-state index < -0.39 is 8.32 Å². The molecule has 0 aromatic heterocycles. The van der Waals surface area contributed by atoms with Crippen LogP contribution in [0, 0.1) is 0 Å². The molecule has 0 fully saturated rings. The zero-order valence-electron chi connectivity index (χ0n) is 10.1. The topological polar surface area (TPSA) is 9.23 Å². The minimum absolute atomic E-state index is 0.972. The molecule has 15 heavy (non-hydrogen) atoms. The summed E-state index contributed by atoms with van der Waals surface area (Å²) in [5.41, 5.74) is 0. The van der Waals surface area contributed by atoms with Gasteiger partial charge in [-0.2, -0.15) is 0 Å². The molecule has 0 bridgehead atoms. The molecule has 0 atom stereocenters. The third kappa shape index (κ3) is 3.24. The lowest BCUT2D eigenvalue weighted by atomic mass is 10.4. The van der Waals surface area contributed by atoms with E-state index in [-0.39, 0.29) is 0 Å². The van der Waals surface area contributed by atoms with Gasteiger partial charge in [-0.1, -0.05) is 43.3 Å². The van der Waals surface area contributed by atoms with E-state index in [1.54, 1.807) is 0 Å². The number of allylic oxidation sites excluding steroid dienone is 2. The van der Waals surface area contributed by atoms with Crippen molar-refractivity contribution in [2.45, 2.75) is 33.4 Å². The van der Waals surface area contributed by atoms with Crippen molar-refractivity contribution in [3.63, 3.8) is 0 Å². The van der Waals surface area contributed by atoms with Crippen LogP contribution in [0.15, 0.2) is 42.2 Å². The normalized spacial score (nSPS) is 12.7. The fourth-order valence-electron chi connectivity index (χ4n) is 1.56. The van der Waals surface area contributed by atoms with Gasteiger partial charge in [0.05, 0.1) is 5.76 Å². The first-order valence-electron chi connectivity index (χ1n) is 5.50. The standard InChI is InChI=1S/C13H20OSi/c1-5-12(6-2)14-15(3,4)13-10-8-7-9-11-13/h5,7-11H,6H2,1-4H3. The number of hydrogen-bond acceptors (Lipinski definition) is 1. The highest BCUT2D eigenvalue weighted by Crippen LogP contribution is 2.13. The average Bonchev–Trinajstić information content (AvgIpc) is 2.27. The lowest BCUT2D eigenvalue weighted by molar-refractivity contribution is 0.409. The van der Waals surface area contributed by atoms with E-state index in [1.807, 2.05) is 13.0 Å². The molecule has 0 saturated heterocycles. The molecule has 0 aliphatic heterocycles. The van der Waals surface area contributed by atoms with E-state index in [2.05, 4.69) is 50.4 Å². The van der Waals surface area contributed by atoms with Crippen LogP contribution in [0.4, 0.5) is 0 Å². The molecule has 0 heterocycles. The van der Waals surface area contributed by atoms with Crippen molar-refractivity contribution in [3.05, 3.63) is 42.2 Å². The average molecular weight is 220 g/mol. The molecule has 0 amide bonds. The number of hydrogen-bond donors (Lipinski definition) is 0. The summed E-state index contributed by atoms with van der Waals surface area (Å²) >= 11 is 0. The van der Waals surface area contributed by atoms with E-state index in [0.29, 0.717) is 0 Å². The van der Waals surface area contributed by atoms with Gasteiger partial charge in [-0.15, -0.1) is 0 Å². The quantitative estimate of drug-likeness (QED) is 0.558. The maximum atomic E-state index is 6.12. The van der Waals surface area contributed by atoms with Crippen LogP contribution in [0.2, 0.25) is 13.1 Å². The van der Waals surface area contributed by atoms with Crippen molar-refractivity contribution in [3.8, 4) is 0 Å². The number of rotatable bonds is 4. The molecule has 0 N–H and O–H groups in total. The number of benzene rings is 1. The summed E-state index contributed by atoms with van der Waals surface area (Å²) < 4.78 is 6.12. The van der Waals surface area contributed by atoms with E-state index in [4.69, 9.17) is 4.43 Å². The molecule has 0 saturated carbocycles. The molecule has 1 aromatic carbocycles. The van der Waals surface area contributed by atoms with Crippen LogP contribution in [-0.4, -0.2) is 8.32 Å². The van der Waals surface area contributed by atoms with Crippen LogP contribution in [0.5, 0.6) is 0 Å². The van der Waals surface area contributed by atoms with Crippen LogP contribution in [0.25, 0.3) is 0 Å². The predicted molar refractivity (Wildman–Crippen MR) is 68.7 cm³/mol. The summed E-state index contributed by atoms with van der Waals surface area (Å²) in [6.07, 6.45) is 3.04. The highest BCUT2D eigenvalue weighted by molar-refractivity contribution is 6.84. The van der Waals surface area contributed by atoms with E-state index in [1.165, 1.54) is 5.19 Å². The van der Waals surface area contributed by atoms with Crippen molar-refractivity contribution >= 4 is 13.5 Å². The maximum Gasteiger partial charge on any atom is 0.276 e. The zero-order valence-corrected chi connectivity index (χ0v) is 11.1. The lowest BCUT2D eigenvalue weighted by Crippen LogP contribution is -2.44. The second-order valence-electron chi connectivity index (χ2n) is 4.09. The Kier molecular flexibility index (Phi) is 4.15. The first-order chi connectivity index (χ1) is 7.10. The van der Waals surface area contributed by atoms with Gasteiger partial charge in [-0.25, -0.2) is 0 Å². The summed E-state index contributed by atoms with van der Waals surface area (Å²) in [7, 11) is -1.75. The highest BCUT2D eigenvalue weighted by atomic mass is 28.4. The van der Waals surface area contributed by atoms with Crippen molar-refractivity contribution in [1.29, 1.82) is 0 Å². The van der Waals surface area contributed by atoms with Gasteiger partial charge in [0.2, 0.25) is 0 Å². The molecule has 0 unspecified atom stereocenters. The Morgan fingerprint density at radius 2 is 1.87 bits per heavy atom. The van der Waals surface area contributed by atoms with Crippen molar-refractivity contribution in [2.24, 2.45) is 0 Å². The maximum absolute atomic E-state index is 6.12. The second kappa shape index (κ2) is 5.17. The van der Waals surface area contributed by atoms with Gasteiger partial charge in [-0.05, 0) is 25.2 Å².